The van der Waals surface area contributed by atoms with Gasteiger partial charge in [-0.25, -0.2) is 0 Å². The number of hydrogen-bond acceptors (Lipinski definition) is 2. The molecule has 2 heteroatoms. The number of aryl methyl sites for hydroxylation is 4. The third kappa shape index (κ3) is 6.24. The van der Waals surface area contributed by atoms with Crippen molar-refractivity contribution >= 4 is 44.3 Å². The molecule has 2 nitrogen and oxygen atoms in total. The van der Waals surface area contributed by atoms with Crippen molar-refractivity contribution < 1.29 is 0 Å². The molecule has 0 aromatic heterocycles. The van der Waals surface area contributed by atoms with Gasteiger partial charge in [-0.3, -0.25) is 0 Å². The molecule has 8 aromatic carbocycles. The van der Waals surface area contributed by atoms with E-state index in [4.69, 9.17) is 0 Å². The van der Waals surface area contributed by atoms with Crippen LogP contribution in [0.4, 0.5) is 22.7 Å². The van der Waals surface area contributed by atoms with E-state index in [1.54, 1.807) is 0 Å². The van der Waals surface area contributed by atoms with Gasteiger partial charge in [-0.2, -0.15) is 0 Å². The van der Waals surface area contributed by atoms with Crippen molar-refractivity contribution in [2.45, 2.75) is 27.7 Å². The lowest BCUT2D eigenvalue weighted by Crippen LogP contribution is -1.94. The molecule has 0 amide bonds. The van der Waals surface area contributed by atoms with Crippen LogP contribution < -0.4 is 10.6 Å². The fourth-order valence-electron chi connectivity index (χ4n) is 7.21. The van der Waals surface area contributed by atoms with Gasteiger partial charge < -0.3 is 10.6 Å². The van der Waals surface area contributed by atoms with Crippen LogP contribution in [0.25, 0.3) is 54.9 Å². The summed E-state index contributed by atoms with van der Waals surface area (Å²) < 4.78 is 0. The van der Waals surface area contributed by atoms with Gasteiger partial charge in [0.05, 0.1) is 0 Å². The van der Waals surface area contributed by atoms with Gasteiger partial charge in [-0.05, 0) is 166 Å². The van der Waals surface area contributed by atoms with Gasteiger partial charge in [0, 0.05) is 22.7 Å². The summed E-state index contributed by atoms with van der Waals surface area (Å²) in [7, 11) is 0. The highest BCUT2D eigenvalue weighted by Crippen LogP contribution is 2.41. The van der Waals surface area contributed by atoms with Crippen LogP contribution >= 0.6 is 0 Å². The molecule has 0 aliphatic heterocycles. The maximum atomic E-state index is 3.60. The number of nitrogens with one attached hydrogen (secondary N) is 2. The lowest BCUT2D eigenvalue weighted by atomic mass is 9.86. The normalized spacial score (nSPS) is 11.2. The van der Waals surface area contributed by atoms with E-state index in [1.165, 1.54) is 77.2 Å². The van der Waals surface area contributed by atoms with Crippen LogP contribution in [0.1, 0.15) is 22.3 Å². The van der Waals surface area contributed by atoms with Crippen LogP contribution in [0.3, 0.4) is 0 Å². The summed E-state index contributed by atoms with van der Waals surface area (Å²) in [5.74, 6) is 0. The molecular weight excluding hydrogens is 605 g/mol. The quantitative estimate of drug-likeness (QED) is 0.180. The summed E-state index contributed by atoms with van der Waals surface area (Å²) in [4.78, 5) is 0. The first kappa shape index (κ1) is 31.2. The van der Waals surface area contributed by atoms with Crippen molar-refractivity contribution in [2.24, 2.45) is 0 Å². The van der Waals surface area contributed by atoms with Gasteiger partial charge in [-0.15, -0.1) is 0 Å². The van der Waals surface area contributed by atoms with Crippen molar-refractivity contribution in [1.29, 1.82) is 0 Å². The fourth-order valence-corrected chi connectivity index (χ4v) is 7.21. The highest BCUT2D eigenvalue weighted by Gasteiger charge is 2.16. The zero-order chi connectivity index (χ0) is 34.2. The summed E-state index contributed by atoms with van der Waals surface area (Å²) in [5, 5.41) is 12.2. The lowest BCUT2D eigenvalue weighted by molar-refractivity contribution is 1.44. The van der Waals surface area contributed by atoms with Gasteiger partial charge in [0.1, 0.15) is 0 Å². The second kappa shape index (κ2) is 13.1. The second-order valence-corrected chi connectivity index (χ2v) is 13.5. The summed E-state index contributed by atoms with van der Waals surface area (Å²) in [6.45, 7) is 8.74. The van der Waals surface area contributed by atoms with E-state index in [0.717, 1.165) is 22.7 Å². The second-order valence-electron chi connectivity index (χ2n) is 13.5. The van der Waals surface area contributed by atoms with E-state index in [-0.39, 0.29) is 0 Å². The van der Waals surface area contributed by atoms with E-state index >= 15 is 0 Å². The molecule has 0 aliphatic carbocycles. The Bertz CT molecular complexity index is 2360. The number of hydrogen-bond donors (Lipinski definition) is 2. The summed E-state index contributed by atoms with van der Waals surface area (Å²) in [6.07, 6.45) is 0. The first-order valence-corrected chi connectivity index (χ1v) is 17.3. The van der Waals surface area contributed by atoms with Gasteiger partial charge in [0.15, 0.2) is 0 Å². The average molecular weight is 645 g/mol. The topological polar surface area (TPSA) is 24.1 Å². The molecule has 50 heavy (non-hydrogen) atoms. The van der Waals surface area contributed by atoms with Crippen molar-refractivity contribution in [3.63, 3.8) is 0 Å². The molecule has 0 heterocycles. The van der Waals surface area contributed by atoms with Crippen molar-refractivity contribution in [3.05, 3.63) is 180 Å². The Labute approximate surface area is 295 Å². The molecule has 0 atom stereocenters. The number of benzene rings is 8. The van der Waals surface area contributed by atoms with E-state index in [1.807, 2.05) is 0 Å². The van der Waals surface area contributed by atoms with E-state index in [0.29, 0.717) is 0 Å². The minimum Gasteiger partial charge on any atom is -0.356 e. The van der Waals surface area contributed by atoms with Gasteiger partial charge >= 0.3 is 0 Å². The Balaban J connectivity index is 1.22. The van der Waals surface area contributed by atoms with Gasteiger partial charge in [0.2, 0.25) is 0 Å². The molecule has 0 saturated carbocycles. The molecule has 0 spiro atoms. The molecule has 0 saturated heterocycles. The molecule has 0 aliphatic rings. The predicted octanol–water partition coefficient (Wildman–Crippen LogP) is 13.7. The Kier molecular flexibility index (Phi) is 8.14. The highest BCUT2D eigenvalue weighted by atomic mass is 14.9. The smallest absolute Gasteiger partial charge is 0.0390 e. The molecule has 0 unspecified atom stereocenters. The van der Waals surface area contributed by atoms with E-state index < -0.39 is 0 Å². The van der Waals surface area contributed by atoms with Crippen LogP contribution in [-0.2, 0) is 0 Å². The molecule has 0 radical (unpaired) electrons. The van der Waals surface area contributed by atoms with Gasteiger partial charge in [-0.1, -0.05) is 97.1 Å². The van der Waals surface area contributed by atoms with Crippen molar-refractivity contribution in [2.75, 3.05) is 10.6 Å². The first-order chi connectivity index (χ1) is 24.4. The Morgan fingerprint density at radius 2 is 0.680 bits per heavy atom. The summed E-state index contributed by atoms with van der Waals surface area (Å²) >= 11 is 0. The van der Waals surface area contributed by atoms with Gasteiger partial charge in [0.25, 0.3) is 0 Å². The van der Waals surface area contributed by atoms with Crippen molar-refractivity contribution in [1.82, 2.24) is 0 Å². The first-order valence-electron chi connectivity index (χ1n) is 17.3. The van der Waals surface area contributed by atoms with E-state index in [2.05, 4.69) is 196 Å². The molecular formula is C48H40N2. The van der Waals surface area contributed by atoms with Crippen molar-refractivity contribution in [3.8, 4) is 33.4 Å². The Morgan fingerprint density at radius 1 is 0.320 bits per heavy atom. The maximum absolute atomic E-state index is 3.60. The average Bonchev–Trinajstić information content (AvgIpc) is 3.12. The van der Waals surface area contributed by atoms with Crippen LogP contribution in [0.15, 0.2) is 158 Å². The summed E-state index contributed by atoms with van der Waals surface area (Å²) in [6, 6.07) is 57.3. The predicted molar refractivity (Wildman–Crippen MR) is 216 cm³/mol. The lowest BCUT2D eigenvalue weighted by Gasteiger charge is -2.18. The maximum Gasteiger partial charge on any atom is 0.0390 e. The third-order valence-electron chi connectivity index (χ3n) is 9.72. The minimum absolute atomic E-state index is 1.08. The fraction of sp³-hybridized carbons (Fsp3) is 0.0833. The van der Waals surface area contributed by atoms with Crippen LogP contribution in [-0.4, -0.2) is 0 Å². The monoisotopic (exact) mass is 644 g/mol. The van der Waals surface area contributed by atoms with Crippen LogP contribution in [0.5, 0.6) is 0 Å². The molecule has 8 rings (SSSR count). The van der Waals surface area contributed by atoms with Crippen LogP contribution in [0.2, 0.25) is 0 Å². The molecule has 8 aromatic rings. The Hall–Kier alpha value is -6.12. The van der Waals surface area contributed by atoms with Crippen LogP contribution in [0, 0.1) is 27.7 Å². The minimum atomic E-state index is 1.08. The largest absolute Gasteiger partial charge is 0.356 e. The Morgan fingerprint density at radius 3 is 1.10 bits per heavy atom. The summed E-state index contributed by atoms with van der Waals surface area (Å²) in [5.41, 5.74) is 16.8. The number of rotatable bonds is 7. The highest BCUT2D eigenvalue weighted by molar-refractivity contribution is 6.09. The zero-order valence-corrected chi connectivity index (χ0v) is 29.0. The number of anilines is 4. The number of fused-ring (bicyclic) bond motifs is 2. The molecule has 0 fully saturated rings. The van der Waals surface area contributed by atoms with E-state index in [9.17, 15) is 0 Å². The molecule has 2 N–H and O–H groups in total. The standard InChI is InChI=1S/C48H40N2/c1-31-9-5-13-41(25-31)49-43-15-7-11-37(27-43)39-23-21-35-19-17-33(3)47(45(35)29-39)48-34(4)18-20-36-22-24-40(30-46(36)48)38-12-8-16-44(28-38)50-42-14-6-10-32(2)26-42/h5-30,49-50H,1-4H3. The SMILES string of the molecule is Cc1cccc(Nc2cccc(-c3ccc4ccc(C)c(-c5c(C)ccc6ccc(-c7cccc(Nc8cccc(C)c8)c7)cc56)c4c3)c2)c1. The molecule has 0 bridgehead atoms. The molecule has 242 valence electrons. The zero-order valence-electron chi connectivity index (χ0n) is 29.0. The third-order valence-corrected chi connectivity index (χ3v) is 9.72.